The van der Waals surface area contributed by atoms with Crippen LogP contribution in [-0.2, 0) is 9.53 Å². The maximum Gasteiger partial charge on any atom is 0.344 e. The SMILES string of the molecule is CC(OC(=O)c1cccnc1Oc1cccnc1)C(=O)NC(C)c1ccc(Cl)cc1Cl. The number of hydrogen-bond acceptors (Lipinski definition) is 6. The molecular formula is C22H19Cl2N3O4. The van der Waals surface area contributed by atoms with Crippen molar-refractivity contribution in [3.8, 4) is 11.6 Å². The number of carbonyl (C=O) groups is 2. The summed E-state index contributed by atoms with van der Waals surface area (Å²) in [7, 11) is 0. The molecule has 1 amide bonds. The van der Waals surface area contributed by atoms with Crippen LogP contribution in [-0.4, -0.2) is 27.9 Å². The van der Waals surface area contributed by atoms with Crippen LogP contribution in [0, 0.1) is 0 Å². The van der Waals surface area contributed by atoms with E-state index in [4.69, 9.17) is 32.7 Å². The van der Waals surface area contributed by atoms with Crippen molar-refractivity contribution in [1.82, 2.24) is 15.3 Å². The number of halogens is 2. The Labute approximate surface area is 189 Å². The van der Waals surface area contributed by atoms with Crippen LogP contribution in [0.1, 0.15) is 35.8 Å². The van der Waals surface area contributed by atoms with E-state index in [9.17, 15) is 9.59 Å². The first kappa shape index (κ1) is 22.5. The van der Waals surface area contributed by atoms with Crippen molar-refractivity contribution >= 4 is 35.1 Å². The van der Waals surface area contributed by atoms with Crippen molar-refractivity contribution < 1.29 is 19.1 Å². The molecule has 2 unspecified atom stereocenters. The van der Waals surface area contributed by atoms with Crippen molar-refractivity contribution in [3.05, 3.63) is 82.2 Å². The number of nitrogens with zero attached hydrogens (tertiary/aromatic N) is 2. The second kappa shape index (κ2) is 10.2. The molecule has 0 aliphatic carbocycles. The van der Waals surface area contributed by atoms with E-state index in [1.807, 2.05) is 0 Å². The highest BCUT2D eigenvalue weighted by Crippen LogP contribution is 2.26. The quantitative estimate of drug-likeness (QED) is 0.500. The fourth-order valence-corrected chi connectivity index (χ4v) is 3.26. The number of amides is 1. The third-order valence-corrected chi connectivity index (χ3v) is 4.84. The number of pyridine rings is 2. The summed E-state index contributed by atoms with van der Waals surface area (Å²) >= 11 is 12.1. The number of esters is 1. The van der Waals surface area contributed by atoms with Crippen LogP contribution in [0.2, 0.25) is 10.0 Å². The Morgan fingerprint density at radius 3 is 2.55 bits per heavy atom. The standard InChI is InChI=1S/C22H19Cl2N3O4/c1-13(17-8-7-15(23)11-19(17)24)27-20(28)14(2)30-22(29)18-6-4-10-26-21(18)31-16-5-3-9-25-12-16/h3-14H,1-2H3,(H,27,28). The molecule has 0 aliphatic rings. The lowest BCUT2D eigenvalue weighted by Crippen LogP contribution is -2.37. The molecule has 2 heterocycles. The number of nitrogens with one attached hydrogen (secondary N) is 1. The van der Waals surface area contributed by atoms with Gasteiger partial charge in [0, 0.05) is 22.4 Å². The van der Waals surface area contributed by atoms with E-state index < -0.39 is 24.0 Å². The minimum absolute atomic E-state index is 0.0504. The molecule has 2 aromatic heterocycles. The highest BCUT2D eigenvalue weighted by Gasteiger charge is 2.24. The Hall–Kier alpha value is -3.16. The van der Waals surface area contributed by atoms with Gasteiger partial charge >= 0.3 is 5.97 Å². The van der Waals surface area contributed by atoms with Crippen LogP contribution in [0.4, 0.5) is 0 Å². The second-order valence-electron chi connectivity index (χ2n) is 6.59. The smallest absolute Gasteiger partial charge is 0.344 e. The minimum Gasteiger partial charge on any atom is -0.449 e. The largest absolute Gasteiger partial charge is 0.449 e. The van der Waals surface area contributed by atoms with Gasteiger partial charge in [-0.3, -0.25) is 9.78 Å². The van der Waals surface area contributed by atoms with Crippen LogP contribution in [0.15, 0.2) is 61.1 Å². The van der Waals surface area contributed by atoms with Gasteiger partial charge in [-0.25, -0.2) is 9.78 Å². The number of benzene rings is 1. The summed E-state index contributed by atoms with van der Waals surface area (Å²) in [5, 5.41) is 3.69. The normalized spacial score (nSPS) is 12.5. The molecule has 0 saturated heterocycles. The molecule has 3 aromatic rings. The van der Waals surface area contributed by atoms with Crippen molar-refractivity contribution in [1.29, 1.82) is 0 Å². The number of aromatic nitrogens is 2. The second-order valence-corrected chi connectivity index (χ2v) is 7.43. The van der Waals surface area contributed by atoms with E-state index in [2.05, 4.69) is 15.3 Å². The monoisotopic (exact) mass is 459 g/mol. The van der Waals surface area contributed by atoms with Gasteiger partial charge < -0.3 is 14.8 Å². The lowest BCUT2D eigenvalue weighted by Gasteiger charge is -2.19. The zero-order valence-electron chi connectivity index (χ0n) is 16.7. The van der Waals surface area contributed by atoms with Gasteiger partial charge in [-0.2, -0.15) is 0 Å². The van der Waals surface area contributed by atoms with Crippen LogP contribution in [0.3, 0.4) is 0 Å². The van der Waals surface area contributed by atoms with Crippen LogP contribution >= 0.6 is 23.2 Å². The molecule has 160 valence electrons. The average Bonchev–Trinajstić information content (AvgIpc) is 2.74. The summed E-state index contributed by atoms with van der Waals surface area (Å²) in [5.74, 6) is -0.763. The molecule has 0 fully saturated rings. The topological polar surface area (TPSA) is 90.4 Å². The van der Waals surface area contributed by atoms with Crippen LogP contribution < -0.4 is 10.1 Å². The lowest BCUT2D eigenvalue weighted by molar-refractivity contribution is -0.129. The predicted octanol–water partition coefficient (Wildman–Crippen LogP) is 5.00. The zero-order chi connectivity index (χ0) is 22.4. The molecule has 0 spiro atoms. The number of ether oxygens (including phenoxy) is 2. The van der Waals surface area contributed by atoms with Crippen molar-refractivity contribution in [2.24, 2.45) is 0 Å². The molecule has 0 radical (unpaired) electrons. The van der Waals surface area contributed by atoms with Gasteiger partial charge in [-0.15, -0.1) is 0 Å². The highest BCUT2D eigenvalue weighted by atomic mass is 35.5. The van der Waals surface area contributed by atoms with E-state index in [-0.39, 0.29) is 11.4 Å². The molecule has 0 bridgehead atoms. The summed E-state index contributed by atoms with van der Waals surface area (Å²) in [4.78, 5) is 33.2. The maximum absolute atomic E-state index is 12.6. The van der Waals surface area contributed by atoms with Gasteiger partial charge in [0.25, 0.3) is 5.91 Å². The molecule has 7 nitrogen and oxygen atoms in total. The molecule has 1 aromatic carbocycles. The summed E-state index contributed by atoms with van der Waals surface area (Å²) in [6.07, 6.45) is 3.51. The van der Waals surface area contributed by atoms with Gasteiger partial charge in [0.05, 0.1) is 12.2 Å². The Morgan fingerprint density at radius 1 is 1.06 bits per heavy atom. The Morgan fingerprint density at radius 2 is 1.84 bits per heavy atom. The first-order valence-electron chi connectivity index (χ1n) is 9.34. The fourth-order valence-electron chi connectivity index (χ4n) is 2.69. The van der Waals surface area contributed by atoms with Crippen LogP contribution in [0.25, 0.3) is 0 Å². The van der Waals surface area contributed by atoms with E-state index in [1.165, 1.54) is 25.4 Å². The molecular weight excluding hydrogens is 441 g/mol. The summed E-state index contributed by atoms with van der Waals surface area (Å²) in [5.41, 5.74) is 0.775. The zero-order valence-corrected chi connectivity index (χ0v) is 18.2. The minimum atomic E-state index is -1.06. The van der Waals surface area contributed by atoms with Crippen molar-refractivity contribution in [3.63, 3.8) is 0 Å². The van der Waals surface area contributed by atoms with E-state index >= 15 is 0 Å². The lowest BCUT2D eigenvalue weighted by atomic mass is 10.1. The van der Waals surface area contributed by atoms with Gasteiger partial charge in [0.15, 0.2) is 6.10 Å². The maximum atomic E-state index is 12.6. The molecule has 1 N–H and O–H groups in total. The van der Waals surface area contributed by atoms with Crippen LogP contribution in [0.5, 0.6) is 11.6 Å². The summed E-state index contributed by atoms with van der Waals surface area (Å²) in [6.45, 7) is 3.24. The third-order valence-electron chi connectivity index (χ3n) is 4.28. The molecule has 0 aliphatic heterocycles. The predicted molar refractivity (Wildman–Crippen MR) is 116 cm³/mol. The first-order valence-corrected chi connectivity index (χ1v) is 10.1. The number of rotatable bonds is 7. The molecule has 2 atom stereocenters. The third kappa shape index (κ3) is 5.93. The molecule has 31 heavy (non-hydrogen) atoms. The highest BCUT2D eigenvalue weighted by molar-refractivity contribution is 6.35. The molecule has 0 saturated carbocycles. The Bertz CT molecular complexity index is 1080. The molecule has 3 rings (SSSR count). The fraction of sp³-hybridized carbons (Fsp3) is 0.182. The van der Waals surface area contributed by atoms with E-state index in [0.29, 0.717) is 21.4 Å². The Kier molecular flexibility index (Phi) is 7.44. The summed E-state index contributed by atoms with van der Waals surface area (Å²) < 4.78 is 10.9. The van der Waals surface area contributed by atoms with Crippen molar-refractivity contribution in [2.75, 3.05) is 0 Å². The summed E-state index contributed by atoms with van der Waals surface area (Å²) in [6, 6.07) is 11.0. The van der Waals surface area contributed by atoms with E-state index in [0.717, 1.165) is 0 Å². The van der Waals surface area contributed by atoms with Gasteiger partial charge in [-0.05, 0) is 55.8 Å². The van der Waals surface area contributed by atoms with Crippen molar-refractivity contribution in [2.45, 2.75) is 26.0 Å². The van der Waals surface area contributed by atoms with Gasteiger partial charge in [0.2, 0.25) is 5.88 Å². The van der Waals surface area contributed by atoms with E-state index in [1.54, 1.807) is 49.5 Å². The van der Waals surface area contributed by atoms with Gasteiger partial charge in [0.1, 0.15) is 11.3 Å². The number of hydrogen-bond donors (Lipinski definition) is 1. The van der Waals surface area contributed by atoms with Gasteiger partial charge in [-0.1, -0.05) is 29.3 Å². The first-order chi connectivity index (χ1) is 14.8. The Balaban J connectivity index is 1.65. The molecule has 9 heteroatoms. The number of carbonyl (C=O) groups excluding carboxylic acids is 2. The average molecular weight is 460 g/mol.